The van der Waals surface area contributed by atoms with Crippen LogP contribution in [0.15, 0.2) is 71.2 Å². The van der Waals surface area contributed by atoms with Crippen LogP contribution in [-0.4, -0.2) is 28.6 Å². The van der Waals surface area contributed by atoms with Crippen LogP contribution < -0.4 is 10.1 Å². The minimum Gasteiger partial charge on any atom is -0.494 e. The summed E-state index contributed by atoms with van der Waals surface area (Å²) in [4.78, 5) is 17.2. The normalized spacial score (nSPS) is 11.1. The number of aryl methyl sites for hydroxylation is 3. The summed E-state index contributed by atoms with van der Waals surface area (Å²) in [5.41, 5.74) is 3.95. The van der Waals surface area contributed by atoms with Gasteiger partial charge in [0.05, 0.1) is 17.6 Å². The van der Waals surface area contributed by atoms with Crippen LogP contribution in [0.3, 0.4) is 0 Å². The molecule has 194 valence electrons. The lowest BCUT2D eigenvalue weighted by Crippen LogP contribution is -2.24. The molecule has 0 bridgehead atoms. The van der Waals surface area contributed by atoms with Crippen LogP contribution in [0.1, 0.15) is 53.8 Å². The highest BCUT2D eigenvalue weighted by molar-refractivity contribution is 9.10. The van der Waals surface area contributed by atoms with Crippen LogP contribution >= 0.6 is 27.5 Å². The third-order valence-electron chi connectivity index (χ3n) is 6.38. The van der Waals surface area contributed by atoms with Gasteiger partial charge in [0.2, 0.25) is 0 Å². The minimum absolute atomic E-state index is 0.0236. The zero-order valence-electron chi connectivity index (χ0n) is 21.2. The van der Waals surface area contributed by atoms with E-state index >= 15 is 0 Å². The number of carbonyl (C=O) groups excluding carboxylic acids is 1. The Bertz CT molecular complexity index is 1320. The van der Waals surface area contributed by atoms with Crippen LogP contribution in [0.4, 0.5) is 0 Å². The van der Waals surface area contributed by atoms with Gasteiger partial charge in [-0.25, -0.2) is 4.98 Å². The van der Waals surface area contributed by atoms with Gasteiger partial charge in [0, 0.05) is 34.6 Å². The number of carbonyl (C=O) groups is 1. The Labute approximate surface area is 232 Å². The molecule has 1 amide bonds. The topological polar surface area (TPSA) is 56.1 Å². The number of imidazole rings is 1. The standard InChI is InChI=1S/C30H33BrClN3O2/c1-22-21-25(16-17-26(22)32)37-20-8-7-19-35-28-10-5-4-9-27(28)34-29(35)11-3-2-6-18-33-30(36)23-12-14-24(31)15-13-23/h4-5,9-10,12-17,21H,2-3,6-8,11,18-20H2,1H3,(H,33,36). The van der Waals surface area contributed by atoms with E-state index < -0.39 is 0 Å². The third-order valence-corrected chi connectivity index (χ3v) is 7.33. The molecule has 0 saturated carbocycles. The van der Waals surface area contributed by atoms with Crippen molar-refractivity contribution in [3.63, 3.8) is 0 Å². The Morgan fingerprint density at radius 1 is 1.00 bits per heavy atom. The molecule has 0 atom stereocenters. The SMILES string of the molecule is Cc1cc(OCCCCn2c(CCCCCNC(=O)c3ccc(Br)cc3)nc3ccccc32)ccc1Cl. The second-order valence-electron chi connectivity index (χ2n) is 9.21. The maximum atomic E-state index is 12.3. The number of nitrogens with zero attached hydrogens (tertiary/aromatic N) is 2. The number of benzene rings is 3. The van der Waals surface area contributed by atoms with E-state index in [4.69, 9.17) is 21.3 Å². The van der Waals surface area contributed by atoms with Gasteiger partial charge in [-0.05, 0) is 92.8 Å². The lowest BCUT2D eigenvalue weighted by atomic mass is 10.1. The van der Waals surface area contributed by atoms with Gasteiger partial charge in [-0.1, -0.05) is 46.1 Å². The number of para-hydroxylation sites is 2. The molecule has 0 aliphatic heterocycles. The van der Waals surface area contributed by atoms with Gasteiger partial charge in [-0.3, -0.25) is 4.79 Å². The molecule has 0 aliphatic rings. The van der Waals surface area contributed by atoms with Crippen molar-refractivity contribution in [3.05, 3.63) is 93.2 Å². The number of aromatic nitrogens is 2. The average Bonchev–Trinajstić information content (AvgIpc) is 3.25. The van der Waals surface area contributed by atoms with Gasteiger partial charge >= 0.3 is 0 Å². The molecule has 4 aromatic rings. The van der Waals surface area contributed by atoms with Crippen LogP contribution in [0.25, 0.3) is 11.0 Å². The number of ether oxygens (including phenoxy) is 1. The summed E-state index contributed by atoms with van der Waals surface area (Å²) < 4.78 is 9.24. The number of hydrogen-bond acceptors (Lipinski definition) is 3. The van der Waals surface area contributed by atoms with E-state index in [-0.39, 0.29) is 5.91 Å². The van der Waals surface area contributed by atoms with Gasteiger partial charge in [-0.2, -0.15) is 0 Å². The van der Waals surface area contributed by atoms with Crippen LogP contribution in [-0.2, 0) is 13.0 Å². The summed E-state index contributed by atoms with van der Waals surface area (Å²) in [6.07, 6.45) is 5.93. The second kappa shape index (κ2) is 13.6. The summed E-state index contributed by atoms with van der Waals surface area (Å²) in [7, 11) is 0. The third kappa shape index (κ3) is 7.83. The highest BCUT2D eigenvalue weighted by atomic mass is 79.9. The molecule has 0 unspecified atom stereocenters. The van der Waals surface area contributed by atoms with Gasteiger partial charge in [0.1, 0.15) is 11.6 Å². The maximum absolute atomic E-state index is 12.3. The molecule has 3 aromatic carbocycles. The molecule has 0 radical (unpaired) electrons. The molecular formula is C30H33BrClN3O2. The van der Waals surface area contributed by atoms with Crippen molar-refractivity contribution in [2.45, 2.75) is 52.0 Å². The largest absolute Gasteiger partial charge is 0.494 e. The molecule has 1 N–H and O–H groups in total. The highest BCUT2D eigenvalue weighted by Gasteiger charge is 2.10. The van der Waals surface area contributed by atoms with Gasteiger partial charge in [0.15, 0.2) is 0 Å². The monoisotopic (exact) mass is 581 g/mol. The first-order chi connectivity index (χ1) is 18.0. The number of fused-ring (bicyclic) bond motifs is 1. The second-order valence-corrected chi connectivity index (χ2v) is 10.5. The Morgan fingerprint density at radius 2 is 1.81 bits per heavy atom. The molecule has 0 spiro atoms. The summed E-state index contributed by atoms with van der Waals surface area (Å²) in [5.74, 6) is 1.97. The number of rotatable bonds is 13. The molecular weight excluding hydrogens is 550 g/mol. The highest BCUT2D eigenvalue weighted by Crippen LogP contribution is 2.22. The number of amides is 1. The van der Waals surface area contributed by atoms with E-state index in [9.17, 15) is 4.79 Å². The lowest BCUT2D eigenvalue weighted by molar-refractivity contribution is 0.0953. The zero-order chi connectivity index (χ0) is 26.0. The van der Waals surface area contributed by atoms with E-state index in [1.807, 2.05) is 55.5 Å². The Hall–Kier alpha value is -2.83. The van der Waals surface area contributed by atoms with E-state index in [1.165, 1.54) is 5.52 Å². The number of halogens is 2. The van der Waals surface area contributed by atoms with Crippen LogP contribution in [0.2, 0.25) is 5.02 Å². The lowest BCUT2D eigenvalue weighted by Gasteiger charge is -2.11. The van der Waals surface area contributed by atoms with E-state index in [2.05, 4.69) is 44.0 Å². The first kappa shape index (κ1) is 27.2. The molecule has 0 saturated heterocycles. The first-order valence-corrected chi connectivity index (χ1v) is 14.1. The van der Waals surface area contributed by atoms with Crippen molar-refractivity contribution in [2.75, 3.05) is 13.2 Å². The van der Waals surface area contributed by atoms with E-state index in [0.717, 1.165) is 77.2 Å². The van der Waals surface area contributed by atoms with E-state index in [0.29, 0.717) is 18.7 Å². The quantitative estimate of drug-likeness (QED) is 0.164. The molecule has 0 fully saturated rings. The van der Waals surface area contributed by atoms with Crippen molar-refractivity contribution >= 4 is 44.5 Å². The predicted octanol–water partition coefficient (Wildman–Crippen LogP) is 7.76. The fraction of sp³-hybridized carbons (Fsp3) is 0.333. The van der Waals surface area contributed by atoms with E-state index in [1.54, 1.807) is 0 Å². The smallest absolute Gasteiger partial charge is 0.251 e. The molecule has 7 heteroatoms. The van der Waals surface area contributed by atoms with Crippen LogP contribution in [0, 0.1) is 6.92 Å². The molecule has 0 aliphatic carbocycles. The number of unbranched alkanes of at least 4 members (excludes halogenated alkanes) is 3. The molecule has 1 aromatic heterocycles. The van der Waals surface area contributed by atoms with Gasteiger partial charge in [-0.15, -0.1) is 0 Å². The first-order valence-electron chi connectivity index (χ1n) is 12.9. The molecule has 4 rings (SSSR count). The molecule has 1 heterocycles. The van der Waals surface area contributed by atoms with Gasteiger partial charge < -0.3 is 14.6 Å². The minimum atomic E-state index is -0.0236. The summed E-state index contributed by atoms with van der Waals surface area (Å²) in [5, 5.41) is 3.78. The van der Waals surface area contributed by atoms with Crippen molar-refractivity contribution in [1.29, 1.82) is 0 Å². The summed E-state index contributed by atoms with van der Waals surface area (Å²) >= 11 is 9.50. The predicted molar refractivity (Wildman–Crippen MR) is 155 cm³/mol. The fourth-order valence-electron chi connectivity index (χ4n) is 4.32. The summed E-state index contributed by atoms with van der Waals surface area (Å²) in [6.45, 7) is 4.26. The number of hydrogen-bond donors (Lipinski definition) is 1. The number of nitrogens with one attached hydrogen (secondary N) is 1. The Morgan fingerprint density at radius 3 is 2.62 bits per heavy atom. The molecule has 37 heavy (non-hydrogen) atoms. The average molecular weight is 583 g/mol. The van der Waals surface area contributed by atoms with Crippen molar-refractivity contribution in [1.82, 2.24) is 14.9 Å². The Balaban J connectivity index is 1.22. The van der Waals surface area contributed by atoms with Crippen molar-refractivity contribution in [3.8, 4) is 5.75 Å². The van der Waals surface area contributed by atoms with Crippen LogP contribution in [0.5, 0.6) is 5.75 Å². The fourth-order valence-corrected chi connectivity index (χ4v) is 4.71. The molecule has 5 nitrogen and oxygen atoms in total. The van der Waals surface area contributed by atoms with Crippen molar-refractivity contribution in [2.24, 2.45) is 0 Å². The maximum Gasteiger partial charge on any atom is 0.251 e. The Kier molecular flexibility index (Phi) is 10.0. The van der Waals surface area contributed by atoms with Gasteiger partial charge in [0.25, 0.3) is 5.91 Å². The summed E-state index contributed by atoms with van der Waals surface area (Å²) in [6, 6.07) is 21.6. The van der Waals surface area contributed by atoms with Crippen molar-refractivity contribution < 1.29 is 9.53 Å². The zero-order valence-corrected chi connectivity index (χ0v) is 23.5.